The zero-order valence-corrected chi connectivity index (χ0v) is 13.7. The van der Waals surface area contributed by atoms with Crippen LogP contribution < -0.4 is 5.56 Å². The number of nitrogens with zero attached hydrogens (tertiary/aromatic N) is 5. The number of hydrogen-bond acceptors (Lipinski definition) is 6. The Morgan fingerprint density at radius 2 is 2.08 bits per heavy atom. The largest absolute Gasteiger partial charge is 0.504 e. The Hall–Kier alpha value is -2.71. The van der Waals surface area contributed by atoms with Crippen LogP contribution in [0.15, 0.2) is 35.3 Å². The van der Waals surface area contributed by atoms with Gasteiger partial charge in [0.1, 0.15) is 0 Å². The van der Waals surface area contributed by atoms with Gasteiger partial charge in [-0.15, -0.1) is 0 Å². The summed E-state index contributed by atoms with van der Waals surface area (Å²) in [5.41, 5.74) is 2.40. The van der Waals surface area contributed by atoms with Gasteiger partial charge in [-0.05, 0) is 24.6 Å². The first-order chi connectivity index (χ1) is 12.1. The van der Waals surface area contributed by atoms with Crippen LogP contribution in [0.4, 0.5) is 0 Å². The lowest BCUT2D eigenvalue weighted by atomic mass is 10.3. The van der Waals surface area contributed by atoms with Gasteiger partial charge in [-0.2, -0.15) is 5.10 Å². The van der Waals surface area contributed by atoms with Crippen LogP contribution in [0.5, 0.6) is 5.75 Å². The zero-order chi connectivity index (χ0) is 17.4. The van der Waals surface area contributed by atoms with Gasteiger partial charge in [0.05, 0.1) is 23.7 Å². The van der Waals surface area contributed by atoms with Gasteiger partial charge in [0.15, 0.2) is 11.4 Å². The molecular formula is C17H19N5O3. The monoisotopic (exact) mass is 341 g/mol. The maximum absolute atomic E-state index is 12.3. The van der Waals surface area contributed by atoms with E-state index in [9.17, 15) is 15.0 Å². The molecule has 0 radical (unpaired) electrons. The van der Waals surface area contributed by atoms with Crippen LogP contribution in [0.3, 0.4) is 0 Å². The van der Waals surface area contributed by atoms with Crippen LogP contribution in [0.2, 0.25) is 0 Å². The second-order valence-electron chi connectivity index (χ2n) is 6.25. The number of aliphatic hydroxyl groups excluding tert-OH is 1. The van der Waals surface area contributed by atoms with E-state index in [1.807, 2.05) is 10.7 Å². The van der Waals surface area contributed by atoms with Crippen molar-refractivity contribution in [1.29, 1.82) is 0 Å². The lowest BCUT2D eigenvalue weighted by molar-refractivity contribution is 0.257. The Bertz CT molecular complexity index is 978. The smallest absolute Gasteiger partial charge is 0.258 e. The molecule has 0 unspecified atom stereocenters. The molecule has 0 spiro atoms. The normalized spacial score (nSPS) is 15.2. The molecule has 0 aromatic carbocycles. The number of aryl methyl sites for hydroxylation is 1. The number of aromatic nitrogens is 4. The molecule has 4 rings (SSSR count). The van der Waals surface area contributed by atoms with Crippen molar-refractivity contribution in [2.45, 2.75) is 32.7 Å². The van der Waals surface area contributed by atoms with Crippen molar-refractivity contribution in [3.8, 4) is 5.75 Å². The minimum Gasteiger partial charge on any atom is -0.504 e. The van der Waals surface area contributed by atoms with Gasteiger partial charge < -0.3 is 10.2 Å². The minimum atomic E-state index is -0.210. The topological polar surface area (TPSA) is 95.9 Å². The number of fused-ring (bicyclic) bond motifs is 2. The molecule has 1 aliphatic rings. The van der Waals surface area contributed by atoms with Crippen molar-refractivity contribution in [3.63, 3.8) is 0 Å². The molecule has 0 saturated heterocycles. The molecule has 8 nitrogen and oxygen atoms in total. The van der Waals surface area contributed by atoms with Gasteiger partial charge >= 0.3 is 0 Å². The maximum atomic E-state index is 12.3. The fourth-order valence-electron chi connectivity index (χ4n) is 3.27. The van der Waals surface area contributed by atoms with E-state index in [0.717, 1.165) is 25.2 Å². The van der Waals surface area contributed by atoms with E-state index in [2.05, 4.69) is 15.0 Å². The summed E-state index contributed by atoms with van der Waals surface area (Å²) in [4.78, 5) is 18.9. The average molecular weight is 341 g/mol. The van der Waals surface area contributed by atoms with Crippen molar-refractivity contribution in [3.05, 3.63) is 57.9 Å². The van der Waals surface area contributed by atoms with Gasteiger partial charge in [-0.25, -0.2) is 4.98 Å². The van der Waals surface area contributed by atoms with Crippen LogP contribution in [0.25, 0.3) is 5.65 Å². The van der Waals surface area contributed by atoms with Crippen LogP contribution in [0.1, 0.15) is 23.5 Å². The molecule has 130 valence electrons. The van der Waals surface area contributed by atoms with E-state index >= 15 is 0 Å². The van der Waals surface area contributed by atoms with E-state index in [4.69, 9.17) is 0 Å². The number of aliphatic hydroxyl groups is 1. The summed E-state index contributed by atoms with van der Waals surface area (Å²) in [6, 6.07) is 6.55. The van der Waals surface area contributed by atoms with Gasteiger partial charge in [0.25, 0.3) is 5.56 Å². The average Bonchev–Trinajstić information content (AvgIpc) is 2.88. The fraction of sp³-hybridized carbons (Fsp3) is 0.353. The molecule has 0 saturated carbocycles. The van der Waals surface area contributed by atoms with Crippen LogP contribution in [-0.4, -0.2) is 40.8 Å². The Morgan fingerprint density at radius 3 is 2.92 bits per heavy atom. The molecule has 1 aliphatic heterocycles. The van der Waals surface area contributed by atoms with Crippen molar-refractivity contribution in [2.24, 2.45) is 0 Å². The molecule has 0 bridgehead atoms. The zero-order valence-electron chi connectivity index (χ0n) is 13.7. The van der Waals surface area contributed by atoms with Crippen molar-refractivity contribution < 1.29 is 10.2 Å². The third-order valence-electron chi connectivity index (χ3n) is 4.41. The fourth-order valence-corrected chi connectivity index (χ4v) is 3.27. The van der Waals surface area contributed by atoms with Crippen molar-refractivity contribution in [2.75, 3.05) is 6.54 Å². The summed E-state index contributed by atoms with van der Waals surface area (Å²) < 4.78 is 3.27. The molecule has 0 fully saturated rings. The molecule has 25 heavy (non-hydrogen) atoms. The predicted octanol–water partition coefficient (Wildman–Crippen LogP) is 0.495. The Morgan fingerprint density at radius 1 is 1.20 bits per heavy atom. The Kier molecular flexibility index (Phi) is 3.98. The standard InChI is InChI=1S/C17H19N5O3/c23-11-13-7-14-10-20(4-2-6-22(14)19-13)9-12-8-16(25)21-5-1-3-15(24)17(21)18-12/h1,3,5,7-8,23-24H,2,4,6,9-11H2. The lowest BCUT2D eigenvalue weighted by Crippen LogP contribution is -2.25. The molecule has 0 amide bonds. The molecule has 0 aliphatic carbocycles. The molecule has 2 N–H and O–H groups in total. The summed E-state index contributed by atoms with van der Waals surface area (Å²) in [5, 5.41) is 23.6. The first-order valence-corrected chi connectivity index (χ1v) is 8.23. The third-order valence-corrected chi connectivity index (χ3v) is 4.41. The second-order valence-corrected chi connectivity index (χ2v) is 6.25. The lowest BCUT2D eigenvalue weighted by Gasteiger charge is -2.19. The number of hydrogen-bond donors (Lipinski definition) is 2. The molecule has 4 heterocycles. The van der Waals surface area contributed by atoms with E-state index in [0.29, 0.717) is 24.5 Å². The van der Waals surface area contributed by atoms with E-state index in [1.54, 1.807) is 12.3 Å². The SMILES string of the molecule is O=c1cc(CN2CCCn3nc(CO)cc3C2)nc2c(O)cccn12. The highest BCUT2D eigenvalue weighted by molar-refractivity contribution is 5.52. The van der Waals surface area contributed by atoms with Crippen molar-refractivity contribution in [1.82, 2.24) is 24.1 Å². The number of aromatic hydroxyl groups is 1. The first kappa shape index (κ1) is 15.8. The number of pyridine rings is 1. The van der Waals surface area contributed by atoms with E-state index < -0.39 is 0 Å². The highest BCUT2D eigenvalue weighted by Gasteiger charge is 2.18. The van der Waals surface area contributed by atoms with Crippen LogP contribution in [0, 0.1) is 0 Å². The molecule has 3 aromatic heterocycles. The minimum absolute atomic E-state index is 0.0111. The van der Waals surface area contributed by atoms with Gasteiger partial charge in [0.2, 0.25) is 0 Å². The summed E-state index contributed by atoms with van der Waals surface area (Å²) in [7, 11) is 0. The predicted molar refractivity (Wildman–Crippen MR) is 90.0 cm³/mol. The maximum Gasteiger partial charge on any atom is 0.258 e. The van der Waals surface area contributed by atoms with E-state index in [-0.39, 0.29) is 23.6 Å². The second kappa shape index (κ2) is 6.30. The van der Waals surface area contributed by atoms with Gasteiger partial charge in [-0.1, -0.05) is 0 Å². The highest BCUT2D eigenvalue weighted by Crippen LogP contribution is 2.17. The quantitative estimate of drug-likeness (QED) is 0.720. The van der Waals surface area contributed by atoms with Gasteiger partial charge in [0, 0.05) is 38.4 Å². The summed E-state index contributed by atoms with van der Waals surface area (Å²) in [6.45, 7) is 2.79. The molecule has 8 heteroatoms. The number of rotatable bonds is 3. The highest BCUT2D eigenvalue weighted by atomic mass is 16.3. The van der Waals surface area contributed by atoms with Crippen molar-refractivity contribution >= 4 is 5.65 Å². The van der Waals surface area contributed by atoms with Crippen LogP contribution in [-0.2, 0) is 26.2 Å². The molecule has 0 atom stereocenters. The first-order valence-electron chi connectivity index (χ1n) is 8.23. The summed E-state index contributed by atoms with van der Waals surface area (Å²) in [5.74, 6) is -0.0111. The van der Waals surface area contributed by atoms with Crippen LogP contribution >= 0.6 is 0 Å². The summed E-state index contributed by atoms with van der Waals surface area (Å²) in [6.07, 6.45) is 2.52. The third kappa shape index (κ3) is 3.01. The molecule has 3 aromatic rings. The van der Waals surface area contributed by atoms with Gasteiger partial charge in [-0.3, -0.25) is 18.8 Å². The molecular weight excluding hydrogens is 322 g/mol. The Balaban J connectivity index is 1.62. The van der Waals surface area contributed by atoms with E-state index in [1.165, 1.54) is 16.5 Å². The Labute approximate surface area is 143 Å². The summed E-state index contributed by atoms with van der Waals surface area (Å²) >= 11 is 0.